The first kappa shape index (κ1) is 9.81. The molecule has 0 radical (unpaired) electrons. The van der Waals surface area contributed by atoms with Crippen LogP contribution in [-0.4, -0.2) is 4.21 Å². The van der Waals surface area contributed by atoms with Gasteiger partial charge in [0, 0.05) is 0 Å². The molecule has 0 aromatic heterocycles. The number of aryl methyl sites for hydroxylation is 1. The van der Waals surface area contributed by atoms with Crippen LogP contribution in [0, 0.1) is 6.92 Å². The highest BCUT2D eigenvalue weighted by atomic mass is 32.1. The van der Waals surface area contributed by atoms with Crippen LogP contribution in [0.3, 0.4) is 0 Å². The number of hydrogen-bond donors (Lipinski definition) is 0. The molecular weight excluding hydrogens is 180 g/mol. The molecule has 2 aromatic carbocycles. The minimum Gasteiger partial charge on any atom is -0.197 e. The van der Waals surface area contributed by atoms with Crippen molar-refractivity contribution in [2.45, 2.75) is 6.92 Å². The van der Waals surface area contributed by atoms with Crippen LogP contribution < -0.4 is 0 Å². The normalized spacial score (nSPS) is 9.00. The molecule has 0 aliphatic heterocycles. The summed E-state index contributed by atoms with van der Waals surface area (Å²) >= 11 is 2.83. The maximum atomic E-state index is 7.83. The SMILES string of the molecule is Cc1ccc2ccccc2c1.O=S. The molecule has 13 heavy (non-hydrogen) atoms. The monoisotopic (exact) mass is 190 g/mol. The standard InChI is InChI=1S/C11H10.OS/c1-9-6-7-10-4-2-3-5-11(10)8-9;1-2/h2-8H,1H3;. The third-order valence-electron chi connectivity index (χ3n) is 1.90. The van der Waals surface area contributed by atoms with E-state index in [0.717, 1.165) is 0 Å². The Labute approximate surface area is 82.9 Å². The molecule has 0 amide bonds. The van der Waals surface area contributed by atoms with Crippen molar-refractivity contribution < 1.29 is 4.21 Å². The fourth-order valence-corrected chi connectivity index (χ4v) is 1.31. The third-order valence-corrected chi connectivity index (χ3v) is 1.90. The van der Waals surface area contributed by atoms with Gasteiger partial charge in [0.1, 0.15) is 0 Å². The topological polar surface area (TPSA) is 17.1 Å². The predicted octanol–water partition coefficient (Wildman–Crippen LogP) is 2.81. The van der Waals surface area contributed by atoms with E-state index < -0.39 is 0 Å². The third kappa shape index (κ3) is 2.33. The van der Waals surface area contributed by atoms with Gasteiger partial charge in [-0.25, -0.2) is 0 Å². The minimum atomic E-state index is 1.32. The summed E-state index contributed by atoms with van der Waals surface area (Å²) in [5.74, 6) is 0. The Kier molecular flexibility index (Phi) is 3.53. The van der Waals surface area contributed by atoms with Crippen molar-refractivity contribution in [2.24, 2.45) is 0 Å². The zero-order chi connectivity index (χ0) is 9.68. The van der Waals surface area contributed by atoms with E-state index in [1.807, 2.05) is 0 Å². The summed E-state index contributed by atoms with van der Waals surface area (Å²) < 4.78 is 7.83. The van der Waals surface area contributed by atoms with Gasteiger partial charge in [-0.2, -0.15) is 4.21 Å². The van der Waals surface area contributed by atoms with Crippen molar-refractivity contribution in [3.05, 3.63) is 48.0 Å². The Morgan fingerprint density at radius 3 is 2.23 bits per heavy atom. The molecule has 2 aromatic rings. The van der Waals surface area contributed by atoms with Gasteiger partial charge in [0.15, 0.2) is 12.5 Å². The van der Waals surface area contributed by atoms with Crippen LogP contribution >= 0.6 is 0 Å². The Balaban J connectivity index is 0.000000396. The maximum absolute atomic E-state index is 7.83. The second-order valence-electron chi connectivity index (χ2n) is 2.85. The van der Waals surface area contributed by atoms with E-state index in [2.05, 4.69) is 61.9 Å². The van der Waals surface area contributed by atoms with Gasteiger partial charge >= 0.3 is 0 Å². The molecule has 0 N–H and O–H groups in total. The molecular formula is C11H10OS. The second kappa shape index (κ2) is 4.67. The molecule has 1 nitrogen and oxygen atoms in total. The molecule has 0 aliphatic rings. The molecule has 0 fully saturated rings. The summed E-state index contributed by atoms with van der Waals surface area (Å²) in [7, 11) is 0. The predicted molar refractivity (Wildman–Crippen MR) is 56.8 cm³/mol. The highest BCUT2D eigenvalue weighted by Gasteiger charge is 1.89. The fraction of sp³-hybridized carbons (Fsp3) is 0.0909. The van der Waals surface area contributed by atoms with E-state index in [-0.39, 0.29) is 0 Å². The summed E-state index contributed by atoms with van der Waals surface area (Å²) in [6.45, 7) is 2.12. The van der Waals surface area contributed by atoms with Crippen LogP contribution in [0.4, 0.5) is 0 Å². The van der Waals surface area contributed by atoms with Crippen LogP contribution in [-0.2, 0) is 12.5 Å². The van der Waals surface area contributed by atoms with Crippen molar-refractivity contribution >= 4 is 23.3 Å². The highest BCUT2D eigenvalue weighted by Crippen LogP contribution is 2.14. The highest BCUT2D eigenvalue weighted by molar-refractivity contribution is 7.44. The zero-order valence-corrected chi connectivity index (χ0v) is 8.17. The molecule has 0 spiro atoms. The van der Waals surface area contributed by atoms with Crippen molar-refractivity contribution in [2.75, 3.05) is 0 Å². The van der Waals surface area contributed by atoms with Gasteiger partial charge in [-0.05, 0) is 17.7 Å². The Morgan fingerprint density at radius 2 is 1.54 bits per heavy atom. The molecule has 0 saturated carbocycles. The van der Waals surface area contributed by atoms with Crippen LogP contribution in [0.2, 0.25) is 0 Å². The second-order valence-corrected chi connectivity index (χ2v) is 2.85. The Morgan fingerprint density at radius 1 is 0.923 bits per heavy atom. The maximum Gasteiger partial charge on any atom is 0.197 e. The largest absolute Gasteiger partial charge is 0.197 e. The van der Waals surface area contributed by atoms with Crippen LogP contribution in [0.25, 0.3) is 10.8 Å². The van der Waals surface area contributed by atoms with E-state index >= 15 is 0 Å². The van der Waals surface area contributed by atoms with Gasteiger partial charge in [-0.1, -0.05) is 48.0 Å². The van der Waals surface area contributed by atoms with E-state index in [9.17, 15) is 0 Å². The lowest BCUT2D eigenvalue weighted by Crippen LogP contribution is -1.73. The molecule has 0 bridgehead atoms. The first-order valence-electron chi connectivity index (χ1n) is 3.98. The lowest BCUT2D eigenvalue weighted by Gasteiger charge is -1.96. The van der Waals surface area contributed by atoms with Crippen LogP contribution in [0.5, 0.6) is 0 Å². The summed E-state index contributed by atoms with van der Waals surface area (Å²) in [5.41, 5.74) is 1.32. The lowest BCUT2D eigenvalue weighted by molar-refractivity contribution is 0.702. The van der Waals surface area contributed by atoms with Gasteiger partial charge in [0.05, 0.1) is 0 Å². The van der Waals surface area contributed by atoms with E-state index in [4.69, 9.17) is 4.21 Å². The van der Waals surface area contributed by atoms with Gasteiger partial charge in [0.2, 0.25) is 0 Å². The first-order chi connectivity index (χ1) is 6.36. The average Bonchev–Trinajstić information content (AvgIpc) is 2.21. The summed E-state index contributed by atoms with van der Waals surface area (Å²) in [6, 6.07) is 14.9. The van der Waals surface area contributed by atoms with E-state index in [0.29, 0.717) is 0 Å². The Hall–Kier alpha value is -1.28. The first-order valence-corrected chi connectivity index (χ1v) is 4.32. The number of fused-ring (bicyclic) bond motifs is 1. The number of hydrogen-bond acceptors (Lipinski definition) is 2. The van der Waals surface area contributed by atoms with Crippen molar-refractivity contribution in [3.63, 3.8) is 0 Å². The molecule has 2 heteroatoms. The zero-order valence-electron chi connectivity index (χ0n) is 7.36. The molecule has 0 saturated heterocycles. The van der Waals surface area contributed by atoms with Gasteiger partial charge in [0.25, 0.3) is 0 Å². The van der Waals surface area contributed by atoms with Crippen molar-refractivity contribution in [3.8, 4) is 0 Å². The molecule has 0 unspecified atom stereocenters. The average molecular weight is 190 g/mol. The molecule has 0 aliphatic carbocycles. The summed E-state index contributed by atoms with van der Waals surface area (Å²) in [5, 5.41) is 2.64. The smallest absolute Gasteiger partial charge is 0.197 e. The lowest BCUT2D eigenvalue weighted by atomic mass is 10.1. The van der Waals surface area contributed by atoms with Crippen molar-refractivity contribution in [1.82, 2.24) is 0 Å². The minimum absolute atomic E-state index is 1.32. The van der Waals surface area contributed by atoms with Gasteiger partial charge in [-0.15, -0.1) is 0 Å². The van der Waals surface area contributed by atoms with Gasteiger partial charge < -0.3 is 0 Å². The van der Waals surface area contributed by atoms with Crippen LogP contribution in [0.1, 0.15) is 5.56 Å². The van der Waals surface area contributed by atoms with Crippen molar-refractivity contribution in [1.29, 1.82) is 0 Å². The molecule has 0 heterocycles. The molecule has 66 valence electrons. The van der Waals surface area contributed by atoms with Crippen LogP contribution in [0.15, 0.2) is 42.5 Å². The molecule has 2 rings (SSSR count). The summed E-state index contributed by atoms with van der Waals surface area (Å²) in [4.78, 5) is 0. The number of rotatable bonds is 0. The van der Waals surface area contributed by atoms with Gasteiger partial charge in [-0.3, -0.25) is 0 Å². The fourth-order valence-electron chi connectivity index (χ4n) is 1.31. The van der Waals surface area contributed by atoms with E-state index in [1.54, 1.807) is 0 Å². The summed E-state index contributed by atoms with van der Waals surface area (Å²) in [6.07, 6.45) is 0. The quantitative estimate of drug-likeness (QED) is 0.635. The number of benzene rings is 2. The van der Waals surface area contributed by atoms with E-state index in [1.165, 1.54) is 16.3 Å². The Bertz CT molecular complexity index is 398. The molecule has 0 atom stereocenters.